The van der Waals surface area contributed by atoms with Gasteiger partial charge in [-0.1, -0.05) is 73.5 Å². The van der Waals surface area contributed by atoms with Crippen molar-refractivity contribution in [3.05, 3.63) is 71.8 Å². The van der Waals surface area contributed by atoms with Crippen LogP contribution >= 0.6 is 0 Å². The summed E-state index contributed by atoms with van der Waals surface area (Å²) in [6.07, 6.45) is 7.41. The van der Waals surface area contributed by atoms with Crippen LogP contribution in [0.2, 0.25) is 0 Å². The number of rotatable bonds is 7. The lowest BCUT2D eigenvalue weighted by Gasteiger charge is -2.46. The highest BCUT2D eigenvalue weighted by Crippen LogP contribution is 2.45. The topological polar surface area (TPSA) is 23.5 Å². The van der Waals surface area contributed by atoms with Crippen molar-refractivity contribution in [1.29, 1.82) is 0 Å². The summed E-state index contributed by atoms with van der Waals surface area (Å²) < 4.78 is 0. The van der Waals surface area contributed by atoms with Gasteiger partial charge in [0.1, 0.15) is 0 Å². The fraction of sp³-hybridized carbons (Fsp3) is 0.500. The summed E-state index contributed by atoms with van der Waals surface area (Å²) in [7, 11) is 4.30. The van der Waals surface area contributed by atoms with Gasteiger partial charge in [0.25, 0.3) is 0 Å². The van der Waals surface area contributed by atoms with Gasteiger partial charge in [-0.15, -0.1) is 0 Å². The molecule has 0 amide bonds. The van der Waals surface area contributed by atoms with Crippen LogP contribution in [0.5, 0.6) is 0 Å². The van der Waals surface area contributed by atoms with Crippen molar-refractivity contribution >= 4 is 0 Å². The van der Waals surface area contributed by atoms with E-state index in [1.807, 2.05) is 0 Å². The Morgan fingerprint density at radius 3 is 2.31 bits per heavy atom. The van der Waals surface area contributed by atoms with Gasteiger partial charge in [0.05, 0.1) is 5.60 Å². The number of benzene rings is 2. The SMILES string of the molecule is CN(C)C(c1ccccc1)C1CCCCC1(O)CCCc1ccccc1. The maximum absolute atomic E-state index is 11.7. The van der Waals surface area contributed by atoms with Crippen molar-refractivity contribution in [3.8, 4) is 0 Å². The molecule has 1 saturated carbocycles. The van der Waals surface area contributed by atoms with Crippen LogP contribution < -0.4 is 0 Å². The van der Waals surface area contributed by atoms with Gasteiger partial charge in [0, 0.05) is 12.0 Å². The lowest BCUT2D eigenvalue weighted by atomic mass is 9.68. The van der Waals surface area contributed by atoms with Gasteiger partial charge in [-0.25, -0.2) is 0 Å². The second-order valence-corrected chi connectivity index (χ2v) is 8.11. The lowest BCUT2D eigenvalue weighted by molar-refractivity contribution is -0.0841. The van der Waals surface area contributed by atoms with E-state index in [9.17, 15) is 5.11 Å². The largest absolute Gasteiger partial charge is 0.390 e. The molecule has 140 valence electrons. The molecule has 2 nitrogen and oxygen atoms in total. The zero-order valence-corrected chi connectivity index (χ0v) is 16.3. The Hall–Kier alpha value is -1.64. The molecule has 0 radical (unpaired) electrons. The van der Waals surface area contributed by atoms with E-state index in [1.54, 1.807) is 0 Å². The van der Waals surface area contributed by atoms with Gasteiger partial charge in [0.2, 0.25) is 0 Å². The molecular weight excluding hydrogens is 318 g/mol. The summed E-state index contributed by atoms with van der Waals surface area (Å²) in [5.74, 6) is 0.296. The van der Waals surface area contributed by atoms with Gasteiger partial charge in [0.15, 0.2) is 0 Å². The van der Waals surface area contributed by atoms with E-state index in [-0.39, 0.29) is 6.04 Å². The molecule has 0 aliphatic heterocycles. The molecule has 3 unspecified atom stereocenters. The van der Waals surface area contributed by atoms with Crippen molar-refractivity contribution in [1.82, 2.24) is 4.90 Å². The first-order valence-electron chi connectivity index (χ1n) is 10.1. The molecule has 0 spiro atoms. The molecular formula is C24H33NO. The Kier molecular flexibility index (Phi) is 6.50. The van der Waals surface area contributed by atoms with Crippen molar-refractivity contribution in [3.63, 3.8) is 0 Å². The van der Waals surface area contributed by atoms with Crippen LogP contribution in [0, 0.1) is 5.92 Å². The predicted molar refractivity (Wildman–Crippen MR) is 109 cm³/mol. The van der Waals surface area contributed by atoms with Crippen LogP contribution in [-0.2, 0) is 6.42 Å². The highest BCUT2D eigenvalue weighted by Gasteiger charge is 2.43. The zero-order valence-electron chi connectivity index (χ0n) is 16.3. The Balaban J connectivity index is 1.74. The average molecular weight is 352 g/mol. The second kappa shape index (κ2) is 8.83. The summed E-state index contributed by atoms with van der Waals surface area (Å²) in [5, 5.41) is 11.7. The standard InChI is InChI=1S/C24H33NO/c1-25(2)23(21-15-7-4-8-16-21)22-17-9-10-18-24(22,26)19-11-14-20-12-5-3-6-13-20/h3-8,12-13,15-16,22-23,26H,9-11,14,17-19H2,1-2H3. The van der Waals surface area contributed by atoms with Crippen LogP contribution in [0.1, 0.15) is 55.7 Å². The van der Waals surface area contributed by atoms with Crippen LogP contribution in [0.3, 0.4) is 0 Å². The first kappa shape index (κ1) is 19.1. The molecule has 3 rings (SSSR count). The van der Waals surface area contributed by atoms with E-state index in [0.29, 0.717) is 5.92 Å². The lowest BCUT2D eigenvalue weighted by Crippen LogP contribution is -2.47. The van der Waals surface area contributed by atoms with E-state index < -0.39 is 5.60 Å². The smallest absolute Gasteiger partial charge is 0.0694 e. The average Bonchev–Trinajstić information content (AvgIpc) is 2.65. The summed E-state index contributed by atoms with van der Waals surface area (Å²) in [4.78, 5) is 2.30. The van der Waals surface area contributed by atoms with Crippen molar-refractivity contribution in [2.45, 2.75) is 56.6 Å². The van der Waals surface area contributed by atoms with Gasteiger partial charge in [-0.2, -0.15) is 0 Å². The molecule has 0 saturated heterocycles. The van der Waals surface area contributed by atoms with Crippen LogP contribution in [-0.4, -0.2) is 29.7 Å². The van der Waals surface area contributed by atoms with Crippen LogP contribution in [0.25, 0.3) is 0 Å². The summed E-state index contributed by atoms with van der Waals surface area (Å²) >= 11 is 0. The number of hydrogen-bond donors (Lipinski definition) is 1. The van der Waals surface area contributed by atoms with Gasteiger partial charge in [-0.3, -0.25) is 0 Å². The zero-order chi connectivity index (χ0) is 18.4. The molecule has 26 heavy (non-hydrogen) atoms. The highest BCUT2D eigenvalue weighted by atomic mass is 16.3. The number of nitrogens with zero attached hydrogens (tertiary/aromatic N) is 1. The molecule has 2 aromatic rings. The van der Waals surface area contributed by atoms with E-state index in [1.165, 1.54) is 17.5 Å². The van der Waals surface area contributed by atoms with E-state index in [4.69, 9.17) is 0 Å². The molecule has 2 aromatic carbocycles. The van der Waals surface area contributed by atoms with Crippen molar-refractivity contribution in [2.24, 2.45) is 5.92 Å². The van der Waals surface area contributed by atoms with Crippen LogP contribution in [0.4, 0.5) is 0 Å². The molecule has 3 atom stereocenters. The van der Waals surface area contributed by atoms with Gasteiger partial charge < -0.3 is 10.0 Å². The quantitative estimate of drug-likeness (QED) is 0.738. The minimum Gasteiger partial charge on any atom is -0.390 e. The van der Waals surface area contributed by atoms with Crippen molar-refractivity contribution in [2.75, 3.05) is 14.1 Å². The Morgan fingerprint density at radius 2 is 1.65 bits per heavy atom. The summed E-state index contributed by atoms with van der Waals surface area (Å²) in [6, 6.07) is 21.6. The van der Waals surface area contributed by atoms with Crippen LogP contribution in [0.15, 0.2) is 60.7 Å². The molecule has 1 aliphatic carbocycles. The molecule has 0 heterocycles. The third-order valence-corrected chi connectivity index (χ3v) is 6.06. The third kappa shape index (κ3) is 4.55. The van der Waals surface area contributed by atoms with Crippen molar-refractivity contribution < 1.29 is 5.11 Å². The minimum atomic E-state index is -0.558. The Labute approximate surface area is 158 Å². The molecule has 1 N–H and O–H groups in total. The molecule has 1 fully saturated rings. The maximum atomic E-state index is 11.7. The third-order valence-electron chi connectivity index (χ3n) is 6.06. The second-order valence-electron chi connectivity index (χ2n) is 8.11. The first-order chi connectivity index (χ1) is 12.6. The van der Waals surface area contributed by atoms with Gasteiger partial charge in [-0.05, 0) is 57.3 Å². The molecule has 2 heteroatoms. The highest BCUT2D eigenvalue weighted by molar-refractivity contribution is 5.21. The predicted octanol–water partition coefficient (Wildman–Crippen LogP) is 5.23. The Bertz CT molecular complexity index is 654. The fourth-order valence-corrected chi connectivity index (χ4v) is 4.80. The molecule has 0 aromatic heterocycles. The summed E-state index contributed by atoms with van der Waals surface area (Å²) in [6.45, 7) is 0. The minimum absolute atomic E-state index is 0.276. The molecule has 0 bridgehead atoms. The Morgan fingerprint density at radius 1 is 1.00 bits per heavy atom. The fourth-order valence-electron chi connectivity index (χ4n) is 4.80. The van der Waals surface area contributed by atoms with E-state index >= 15 is 0 Å². The number of aliphatic hydroxyl groups is 1. The number of aryl methyl sites for hydroxylation is 1. The summed E-state index contributed by atoms with van der Waals surface area (Å²) in [5.41, 5.74) is 2.14. The van der Waals surface area contributed by atoms with E-state index in [0.717, 1.165) is 38.5 Å². The number of hydrogen-bond acceptors (Lipinski definition) is 2. The van der Waals surface area contributed by atoms with E-state index in [2.05, 4.69) is 79.7 Å². The molecule has 1 aliphatic rings. The normalized spacial score (nSPS) is 24.5. The first-order valence-corrected chi connectivity index (χ1v) is 10.1. The van der Waals surface area contributed by atoms with Gasteiger partial charge >= 0.3 is 0 Å². The monoisotopic (exact) mass is 351 g/mol. The maximum Gasteiger partial charge on any atom is 0.0694 e.